The van der Waals surface area contributed by atoms with Crippen LogP contribution in [0.4, 0.5) is 0 Å². The van der Waals surface area contributed by atoms with Crippen molar-refractivity contribution in [2.24, 2.45) is 5.92 Å². The van der Waals surface area contributed by atoms with Crippen molar-refractivity contribution >= 4 is 11.8 Å². The van der Waals surface area contributed by atoms with E-state index < -0.39 is 0 Å². The molecule has 2 atom stereocenters. The van der Waals surface area contributed by atoms with Crippen LogP contribution < -0.4 is 5.32 Å². The van der Waals surface area contributed by atoms with Gasteiger partial charge < -0.3 is 10.2 Å². The molecule has 1 N–H and O–H groups in total. The third-order valence-corrected chi connectivity index (χ3v) is 3.09. The van der Waals surface area contributed by atoms with E-state index in [0.717, 1.165) is 19.3 Å². The number of hydrogen-bond donors (Lipinski definition) is 1. The van der Waals surface area contributed by atoms with Crippen LogP contribution in [0.3, 0.4) is 0 Å². The molecule has 4 nitrogen and oxygen atoms in total. The minimum atomic E-state index is -0.296. The lowest BCUT2D eigenvalue weighted by Crippen LogP contribution is -2.58. The molecule has 1 heterocycles. The summed E-state index contributed by atoms with van der Waals surface area (Å²) < 4.78 is 0. The standard InChI is InChI=1S/C12H22N2O2/c1-4-6-10-12(16)14(7-9(3)5-2)8-11(15)13-10/h9-10H,4-8H2,1-3H3,(H,13,15). The molecule has 1 aliphatic heterocycles. The van der Waals surface area contributed by atoms with E-state index in [1.165, 1.54) is 0 Å². The Labute approximate surface area is 97.4 Å². The van der Waals surface area contributed by atoms with Crippen molar-refractivity contribution in [3.8, 4) is 0 Å². The zero-order valence-corrected chi connectivity index (χ0v) is 10.5. The molecule has 0 spiro atoms. The smallest absolute Gasteiger partial charge is 0.245 e. The van der Waals surface area contributed by atoms with E-state index in [2.05, 4.69) is 19.2 Å². The highest BCUT2D eigenvalue weighted by molar-refractivity contribution is 5.94. The van der Waals surface area contributed by atoms with Crippen molar-refractivity contribution in [2.75, 3.05) is 13.1 Å². The lowest BCUT2D eigenvalue weighted by molar-refractivity contribution is -0.145. The first-order valence-electron chi connectivity index (χ1n) is 6.16. The lowest BCUT2D eigenvalue weighted by atomic mass is 10.0. The van der Waals surface area contributed by atoms with Crippen molar-refractivity contribution < 1.29 is 9.59 Å². The largest absolute Gasteiger partial charge is 0.343 e. The van der Waals surface area contributed by atoms with Crippen LogP contribution in [0.2, 0.25) is 0 Å². The maximum Gasteiger partial charge on any atom is 0.245 e. The maximum atomic E-state index is 12.0. The van der Waals surface area contributed by atoms with Gasteiger partial charge in [-0.3, -0.25) is 9.59 Å². The highest BCUT2D eigenvalue weighted by Gasteiger charge is 2.32. The summed E-state index contributed by atoms with van der Waals surface area (Å²) in [6.45, 7) is 7.15. The zero-order valence-electron chi connectivity index (χ0n) is 10.5. The van der Waals surface area contributed by atoms with Gasteiger partial charge in [0, 0.05) is 6.54 Å². The summed E-state index contributed by atoms with van der Waals surface area (Å²) in [5.41, 5.74) is 0. The van der Waals surface area contributed by atoms with E-state index in [4.69, 9.17) is 0 Å². The first-order valence-corrected chi connectivity index (χ1v) is 6.16. The van der Waals surface area contributed by atoms with Gasteiger partial charge in [-0.15, -0.1) is 0 Å². The summed E-state index contributed by atoms with van der Waals surface area (Å²) in [5, 5.41) is 2.76. The number of rotatable bonds is 5. The van der Waals surface area contributed by atoms with Gasteiger partial charge in [-0.2, -0.15) is 0 Å². The fraction of sp³-hybridized carbons (Fsp3) is 0.833. The Balaban J connectivity index is 2.61. The summed E-state index contributed by atoms with van der Waals surface area (Å²) in [5.74, 6) is 0.514. The van der Waals surface area contributed by atoms with E-state index in [1.807, 2.05) is 6.92 Å². The van der Waals surface area contributed by atoms with Crippen molar-refractivity contribution in [1.82, 2.24) is 10.2 Å². The van der Waals surface area contributed by atoms with E-state index >= 15 is 0 Å². The SMILES string of the molecule is CCCC1NC(=O)CN(CC(C)CC)C1=O. The maximum absolute atomic E-state index is 12.0. The van der Waals surface area contributed by atoms with E-state index in [1.54, 1.807) is 4.90 Å². The third-order valence-electron chi connectivity index (χ3n) is 3.09. The van der Waals surface area contributed by atoms with Crippen LogP contribution in [0.5, 0.6) is 0 Å². The third kappa shape index (κ3) is 3.22. The molecule has 0 aromatic carbocycles. The molecule has 0 radical (unpaired) electrons. The summed E-state index contributed by atoms with van der Waals surface area (Å²) in [6, 6.07) is -0.296. The average molecular weight is 226 g/mol. The van der Waals surface area contributed by atoms with Gasteiger partial charge >= 0.3 is 0 Å². The number of hydrogen-bond acceptors (Lipinski definition) is 2. The van der Waals surface area contributed by atoms with E-state index in [9.17, 15) is 9.59 Å². The highest BCUT2D eigenvalue weighted by Crippen LogP contribution is 2.11. The number of piperazine rings is 1. The molecule has 0 saturated carbocycles. The summed E-state index contributed by atoms with van der Waals surface area (Å²) >= 11 is 0. The van der Waals surface area contributed by atoms with Crippen LogP contribution in [-0.2, 0) is 9.59 Å². The molecule has 0 aliphatic carbocycles. The topological polar surface area (TPSA) is 49.4 Å². The molecule has 0 aromatic heterocycles. The molecule has 2 amide bonds. The Kier molecular flexibility index (Phi) is 4.77. The fourth-order valence-corrected chi connectivity index (χ4v) is 1.92. The molecular weight excluding hydrogens is 204 g/mol. The van der Waals surface area contributed by atoms with Crippen LogP contribution in [0.25, 0.3) is 0 Å². The summed E-state index contributed by atoms with van der Waals surface area (Å²) in [6.07, 6.45) is 2.68. The predicted molar refractivity (Wildman–Crippen MR) is 62.9 cm³/mol. The molecule has 0 aromatic rings. The first kappa shape index (κ1) is 13.0. The number of nitrogens with zero attached hydrogens (tertiary/aromatic N) is 1. The normalized spacial score (nSPS) is 23.2. The Morgan fingerprint density at radius 3 is 2.69 bits per heavy atom. The molecule has 1 fully saturated rings. The molecule has 1 rings (SSSR count). The van der Waals surface area contributed by atoms with Crippen LogP contribution in [-0.4, -0.2) is 35.8 Å². The summed E-state index contributed by atoms with van der Waals surface area (Å²) in [7, 11) is 0. The lowest BCUT2D eigenvalue weighted by Gasteiger charge is -2.33. The van der Waals surface area contributed by atoms with Gasteiger partial charge in [0.1, 0.15) is 6.04 Å². The number of carbonyl (C=O) groups excluding carboxylic acids is 2. The van der Waals surface area contributed by atoms with Crippen LogP contribution in [0.1, 0.15) is 40.0 Å². The zero-order chi connectivity index (χ0) is 12.1. The van der Waals surface area contributed by atoms with Gasteiger partial charge in [-0.05, 0) is 12.3 Å². The van der Waals surface area contributed by atoms with Gasteiger partial charge in [0.15, 0.2) is 0 Å². The quantitative estimate of drug-likeness (QED) is 0.764. The highest BCUT2D eigenvalue weighted by atomic mass is 16.2. The first-order chi connectivity index (χ1) is 7.58. The van der Waals surface area contributed by atoms with Crippen molar-refractivity contribution in [3.05, 3.63) is 0 Å². The Morgan fingerprint density at radius 1 is 1.44 bits per heavy atom. The molecule has 2 unspecified atom stereocenters. The second kappa shape index (κ2) is 5.87. The van der Waals surface area contributed by atoms with Crippen molar-refractivity contribution in [3.63, 3.8) is 0 Å². The molecule has 1 saturated heterocycles. The van der Waals surface area contributed by atoms with Gasteiger partial charge in [-0.25, -0.2) is 0 Å². The number of amides is 2. The van der Waals surface area contributed by atoms with Crippen LogP contribution >= 0.6 is 0 Å². The van der Waals surface area contributed by atoms with Crippen LogP contribution in [0, 0.1) is 5.92 Å². The minimum absolute atomic E-state index is 0.0265. The summed E-state index contributed by atoms with van der Waals surface area (Å²) in [4.78, 5) is 25.2. The second-order valence-corrected chi connectivity index (χ2v) is 4.64. The fourth-order valence-electron chi connectivity index (χ4n) is 1.92. The van der Waals surface area contributed by atoms with E-state index in [0.29, 0.717) is 12.5 Å². The van der Waals surface area contributed by atoms with Gasteiger partial charge in [0.25, 0.3) is 0 Å². The average Bonchev–Trinajstić information content (AvgIpc) is 2.25. The molecule has 92 valence electrons. The van der Waals surface area contributed by atoms with Gasteiger partial charge in [0.2, 0.25) is 11.8 Å². The van der Waals surface area contributed by atoms with Crippen LogP contribution in [0.15, 0.2) is 0 Å². The van der Waals surface area contributed by atoms with Crippen molar-refractivity contribution in [1.29, 1.82) is 0 Å². The van der Waals surface area contributed by atoms with Gasteiger partial charge in [-0.1, -0.05) is 33.6 Å². The van der Waals surface area contributed by atoms with Crippen molar-refractivity contribution in [2.45, 2.75) is 46.1 Å². The predicted octanol–water partition coefficient (Wildman–Crippen LogP) is 1.16. The number of nitrogens with one attached hydrogen (secondary N) is 1. The second-order valence-electron chi connectivity index (χ2n) is 4.64. The Hall–Kier alpha value is -1.06. The monoisotopic (exact) mass is 226 g/mol. The Bertz CT molecular complexity index is 266. The molecule has 16 heavy (non-hydrogen) atoms. The van der Waals surface area contributed by atoms with E-state index in [-0.39, 0.29) is 24.4 Å². The molecule has 4 heteroatoms. The molecule has 1 aliphatic rings. The minimum Gasteiger partial charge on any atom is -0.343 e. The Morgan fingerprint density at radius 2 is 2.12 bits per heavy atom. The number of carbonyl (C=O) groups is 2. The molecular formula is C12H22N2O2. The molecule has 0 bridgehead atoms. The van der Waals surface area contributed by atoms with Gasteiger partial charge in [0.05, 0.1) is 6.54 Å².